The van der Waals surface area contributed by atoms with Gasteiger partial charge in [0, 0.05) is 17.0 Å². The zero-order valence-electron chi connectivity index (χ0n) is 10.4. The van der Waals surface area contributed by atoms with Crippen LogP contribution in [0.3, 0.4) is 0 Å². The summed E-state index contributed by atoms with van der Waals surface area (Å²) in [5, 5.41) is 17.5. The molecule has 1 fully saturated rings. The molecular weight excluding hydrogens is 337 g/mol. The highest BCUT2D eigenvalue weighted by atomic mass is 127. The molecule has 0 aliphatic carbocycles. The second-order valence-corrected chi connectivity index (χ2v) is 7.03. The first-order chi connectivity index (χ1) is 7.73. The van der Waals surface area contributed by atoms with Crippen molar-refractivity contribution in [3.05, 3.63) is 0 Å². The lowest BCUT2D eigenvalue weighted by molar-refractivity contribution is -0.149. The number of carboxylic acids is 2. The van der Waals surface area contributed by atoms with Crippen molar-refractivity contribution in [3.8, 4) is 0 Å². The third-order valence-corrected chi connectivity index (χ3v) is 2.33. The highest BCUT2D eigenvalue weighted by Gasteiger charge is 2.33. The number of hydrogen-bond acceptors (Lipinski definition) is 3. The zero-order valence-corrected chi connectivity index (χ0v) is 12.5. The van der Waals surface area contributed by atoms with E-state index in [1.165, 1.54) is 0 Å². The molecule has 0 saturated carbocycles. The zero-order chi connectivity index (χ0) is 13.6. The number of carboxylic acid groups (broad SMARTS) is 2. The summed E-state index contributed by atoms with van der Waals surface area (Å²) in [6.45, 7) is 5.19. The topological polar surface area (TPSA) is 77.8 Å². The normalized spacial score (nSPS) is 25.0. The van der Waals surface area contributed by atoms with Crippen LogP contribution < -0.4 is 0 Å². The van der Waals surface area contributed by atoms with E-state index in [4.69, 9.17) is 10.2 Å². The molecule has 0 unspecified atom stereocenters. The molecule has 2 N–H and O–H groups in total. The van der Waals surface area contributed by atoms with E-state index in [1.54, 1.807) is 11.9 Å². The van der Waals surface area contributed by atoms with Crippen molar-refractivity contribution >= 4 is 34.5 Å². The molecular formula is C11H20INO4. The van der Waals surface area contributed by atoms with Gasteiger partial charge in [-0.15, -0.1) is 0 Å². The van der Waals surface area contributed by atoms with Gasteiger partial charge in [0.1, 0.15) is 0 Å². The minimum absolute atomic E-state index is 0.245. The number of hydrogen-bond donors (Lipinski definition) is 2. The maximum Gasteiger partial charge on any atom is 0.307 e. The standard InChI is InChI=1S/C8H13NO4.C3H7I/c1-9-3-5(7(10)11)2-6(4-9)8(12)13;1-3(2)4/h5-6H,2-4H2,1H3,(H,10,11)(H,12,13);3H,1-2H3/t5-,6+;. The molecule has 0 amide bonds. The average Bonchev–Trinajstić information content (AvgIpc) is 2.15. The van der Waals surface area contributed by atoms with Gasteiger partial charge >= 0.3 is 11.9 Å². The fourth-order valence-electron chi connectivity index (χ4n) is 1.68. The van der Waals surface area contributed by atoms with Gasteiger partial charge in [-0.3, -0.25) is 9.59 Å². The number of piperidine rings is 1. The molecule has 1 rings (SSSR count). The lowest BCUT2D eigenvalue weighted by atomic mass is 9.90. The maximum absolute atomic E-state index is 10.6. The smallest absolute Gasteiger partial charge is 0.307 e. The van der Waals surface area contributed by atoms with Crippen LogP contribution in [0.2, 0.25) is 0 Å². The molecule has 5 nitrogen and oxygen atoms in total. The Hall–Kier alpha value is -0.370. The van der Waals surface area contributed by atoms with E-state index in [-0.39, 0.29) is 6.42 Å². The van der Waals surface area contributed by atoms with Crippen molar-refractivity contribution in [3.63, 3.8) is 0 Å². The van der Waals surface area contributed by atoms with E-state index in [2.05, 4.69) is 36.4 Å². The molecule has 1 aliphatic rings. The van der Waals surface area contributed by atoms with Gasteiger partial charge in [-0.2, -0.15) is 0 Å². The maximum atomic E-state index is 10.6. The Balaban J connectivity index is 0.000000557. The predicted octanol–water partition coefficient (Wildman–Crippen LogP) is 1.55. The van der Waals surface area contributed by atoms with Gasteiger partial charge in [-0.05, 0) is 13.5 Å². The fourth-order valence-corrected chi connectivity index (χ4v) is 1.68. The van der Waals surface area contributed by atoms with Gasteiger partial charge in [0.2, 0.25) is 0 Å². The van der Waals surface area contributed by atoms with E-state index < -0.39 is 23.8 Å². The minimum atomic E-state index is -0.905. The molecule has 0 spiro atoms. The molecule has 1 heterocycles. The molecule has 0 bridgehead atoms. The quantitative estimate of drug-likeness (QED) is 0.579. The predicted molar refractivity (Wildman–Crippen MR) is 73.5 cm³/mol. The van der Waals surface area contributed by atoms with Crippen LogP contribution >= 0.6 is 22.6 Å². The molecule has 6 heteroatoms. The summed E-state index contributed by atoms with van der Waals surface area (Å²) < 4.78 is 0.803. The van der Waals surface area contributed by atoms with Gasteiger partial charge in [-0.25, -0.2) is 0 Å². The molecule has 0 aromatic carbocycles. The van der Waals surface area contributed by atoms with Crippen molar-refractivity contribution in [2.24, 2.45) is 11.8 Å². The number of aliphatic carboxylic acids is 2. The summed E-state index contributed by atoms with van der Waals surface area (Å²) in [5.74, 6) is -2.89. The molecule has 0 aromatic heterocycles. The summed E-state index contributed by atoms with van der Waals surface area (Å²) in [6.07, 6.45) is 0.245. The highest BCUT2D eigenvalue weighted by Crippen LogP contribution is 2.21. The SMILES string of the molecule is CC(C)I.CN1C[C@H](C(=O)O)C[C@H](C(=O)O)C1. The highest BCUT2D eigenvalue weighted by molar-refractivity contribution is 14.1. The molecule has 2 atom stereocenters. The van der Waals surface area contributed by atoms with Crippen LogP contribution in [0.4, 0.5) is 0 Å². The minimum Gasteiger partial charge on any atom is -0.481 e. The third kappa shape index (κ3) is 7.54. The lowest BCUT2D eigenvalue weighted by Crippen LogP contribution is -2.43. The first-order valence-electron chi connectivity index (χ1n) is 5.52. The van der Waals surface area contributed by atoms with E-state index in [1.807, 2.05) is 0 Å². The first-order valence-corrected chi connectivity index (χ1v) is 6.76. The Morgan fingerprint density at radius 3 is 1.71 bits per heavy atom. The van der Waals surface area contributed by atoms with Crippen LogP contribution in [0.1, 0.15) is 20.3 Å². The summed E-state index contributed by atoms with van der Waals surface area (Å²) in [6, 6.07) is 0. The Morgan fingerprint density at radius 1 is 1.18 bits per heavy atom. The van der Waals surface area contributed by atoms with E-state index in [9.17, 15) is 9.59 Å². The second-order valence-electron chi connectivity index (χ2n) is 4.54. The molecule has 0 radical (unpaired) electrons. The third-order valence-electron chi connectivity index (χ3n) is 2.33. The number of alkyl halides is 1. The Kier molecular flexibility index (Phi) is 7.69. The van der Waals surface area contributed by atoms with Crippen LogP contribution in [-0.2, 0) is 9.59 Å². The van der Waals surface area contributed by atoms with E-state index in [0.717, 1.165) is 3.92 Å². The molecule has 100 valence electrons. The number of carbonyl (C=O) groups is 2. The Bertz CT molecular complexity index is 245. The first kappa shape index (κ1) is 16.6. The Labute approximate surface area is 115 Å². The van der Waals surface area contributed by atoms with Gasteiger partial charge in [0.15, 0.2) is 0 Å². The average molecular weight is 357 g/mol. The summed E-state index contributed by atoms with van der Waals surface area (Å²) >= 11 is 2.34. The summed E-state index contributed by atoms with van der Waals surface area (Å²) in [5.41, 5.74) is 0. The fraction of sp³-hybridized carbons (Fsp3) is 0.818. The Morgan fingerprint density at radius 2 is 1.47 bits per heavy atom. The van der Waals surface area contributed by atoms with Crippen molar-refractivity contribution < 1.29 is 19.8 Å². The lowest BCUT2D eigenvalue weighted by Gasteiger charge is -2.31. The summed E-state index contributed by atoms with van der Waals surface area (Å²) in [4.78, 5) is 23.0. The van der Waals surface area contributed by atoms with E-state index >= 15 is 0 Å². The van der Waals surface area contributed by atoms with Gasteiger partial charge in [0.25, 0.3) is 0 Å². The molecule has 17 heavy (non-hydrogen) atoms. The van der Waals surface area contributed by atoms with Crippen LogP contribution in [0, 0.1) is 11.8 Å². The largest absolute Gasteiger partial charge is 0.481 e. The molecule has 1 saturated heterocycles. The van der Waals surface area contributed by atoms with Crippen molar-refractivity contribution in [1.82, 2.24) is 4.90 Å². The van der Waals surface area contributed by atoms with E-state index in [0.29, 0.717) is 13.1 Å². The monoisotopic (exact) mass is 357 g/mol. The number of rotatable bonds is 2. The van der Waals surface area contributed by atoms with Crippen LogP contribution in [0.5, 0.6) is 0 Å². The number of nitrogens with zero attached hydrogens (tertiary/aromatic N) is 1. The van der Waals surface area contributed by atoms with Gasteiger partial charge < -0.3 is 15.1 Å². The van der Waals surface area contributed by atoms with Crippen molar-refractivity contribution in [1.29, 1.82) is 0 Å². The van der Waals surface area contributed by atoms with Crippen molar-refractivity contribution in [2.75, 3.05) is 20.1 Å². The van der Waals surface area contributed by atoms with Crippen LogP contribution in [0.25, 0.3) is 0 Å². The molecule has 1 aliphatic heterocycles. The second kappa shape index (κ2) is 7.86. The van der Waals surface area contributed by atoms with Gasteiger partial charge in [0.05, 0.1) is 11.8 Å². The number of halogens is 1. The summed E-state index contributed by atoms with van der Waals surface area (Å²) in [7, 11) is 1.74. The molecule has 0 aromatic rings. The number of likely N-dealkylation sites (tertiary alicyclic amines) is 1. The van der Waals surface area contributed by atoms with Crippen LogP contribution in [0.15, 0.2) is 0 Å². The van der Waals surface area contributed by atoms with Crippen molar-refractivity contribution in [2.45, 2.75) is 24.2 Å². The van der Waals surface area contributed by atoms with Crippen LogP contribution in [-0.4, -0.2) is 51.1 Å². The van der Waals surface area contributed by atoms with Gasteiger partial charge in [-0.1, -0.05) is 36.4 Å².